The lowest BCUT2D eigenvalue weighted by atomic mass is 9.95. The van der Waals surface area contributed by atoms with Crippen molar-refractivity contribution in [3.05, 3.63) is 0 Å². The van der Waals surface area contributed by atoms with E-state index in [1.165, 1.54) is 25.9 Å². The van der Waals surface area contributed by atoms with Crippen LogP contribution in [0.1, 0.15) is 52.4 Å². The van der Waals surface area contributed by atoms with E-state index < -0.39 is 0 Å². The van der Waals surface area contributed by atoms with Crippen LogP contribution >= 0.6 is 0 Å². The number of hydrogen-bond acceptors (Lipinski definition) is 3. The Kier molecular flexibility index (Phi) is 5.80. The average Bonchev–Trinajstić information content (AvgIpc) is 3.30. The summed E-state index contributed by atoms with van der Waals surface area (Å²) in [5.41, 5.74) is 0. The molecule has 0 spiro atoms. The Morgan fingerprint density at radius 3 is 2.42 bits per heavy atom. The van der Waals surface area contributed by atoms with Crippen LogP contribution in [0.25, 0.3) is 0 Å². The van der Waals surface area contributed by atoms with E-state index in [0.29, 0.717) is 18.5 Å². The van der Waals surface area contributed by atoms with Gasteiger partial charge >= 0.3 is 0 Å². The van der Waals surface area contributed by atoms with Crippen molar-refractivity contribution in [3.63, 3.8) is 0 Å². The molecular weight excluding hydrogens is 302 g/mol. The van der Waals surface area contributed by atoms with Crippen LogP contribution in [0.5, 0.6) is 0 Å². The highest BCUT2D eigenvalue weighted by Gasteiger charge is 2.36. The summed E-state index contributed by atoms with van der Waals surface area (Å²) in [5.74, 6) is 0.610. The maximum atomic E-state index is 12.9. The van der Waals surface area contributed by atoms with Crippen molar-refractivity contribution in [2.75, 3.05) is 39.3 Å². The molecule has 5 heteroatoms. The number of amides is 2. The highest BCUT2D eigenvalue weighted by molar-refractivity contribution is 5.82. The second-order valence-electron chi connectivity index (χ2n) is 7.90. The third-order valence-electron chi connectivity index (χ3n) is 6.25. The number of carbonyl (C=O) groups is 2. The Morgan fingerprint density at radius 1 is 0.958 bits per heavy atom. The van der Waals surface area contributed by atoms with Gasteiger partial charge in [-0.3, -0.25) is 14.5 Å². The van der Waals surface area contributed by atoms with E-state index in [0.717, 1.165) is 45.3 Å². The van der Waals surface area contributed by atoms with E-state index >= 15 is 0 Å². The van der Waals surface area contributed by atoms with Crippen molar-refractivity contribution in [2.45, 2.75) is 58.4 Å². The average molecular weight is 335 g/mol. The SMILES string of the molecule is CCC(C)C(=O)N1CCCC(C(=O)N2CCC(N3CCCC3)C2)C1. The highest BCUT2D eigenvalue weighted by atomic mass is 16.2. The molecular formula is C19H33N3O2. The van der Waals surface area contributed by atoms with Crippen molar-refractivity contribution < 1.29 is 9.59 Å². The molecule has 3 fully saturated rings. The summed E-state index contributed by atoms with van der Waals surface area (Å²) in [5, 5.41) is 0. The molecule has 5 nitrogen and oxygen atoms in total. The first-order valence-corrected chi connectivity index (χ1v) is 9.91. The predicted octanol–water partition coefficient (Wildman–Crippen LogP) is 1.97. The van der Waals surface area contributed by atoms with Crippen molar-refractivity contribution in [3.8, 4) is 0 Å². The van der Waals surface area contributed by atoms with E-state index in [2.05, 4.69) is 16.7 Å². The molecule has 0 radical (unpaired) electrons. The van der Waals surface area contributed by atoms with Crippen LogP contribution in [0.4, 0.5) is 0 Å². The van der Waals surface area contributed by atoms with E-state index in [1.54, 1.807) is 0 Å². The number of rotatable bonds is 4. The Morgan fingerprint density at radius 2 is 1.71 bits per heavy atom. The zero-order valence-corrected chi connectivity index (χ0v) is 15.4. The lowest BCUT2D eigenvalue weighted by Gasteiger charge is -2.35. The maximum absolute atomic E-state index is 12.9. The summed E-state index contributed by atoms with van der Waals surface area (Å²) in [6, 6.07) is 0.567. The lowest BCUT2D eigenvalue weighted by molar-refractivity contribution is -0.142. The number of piperidine rings is 1. The Bertz CT molecular complexity index is 462. The fourth-order valence-corrected chi connectivity index (χ4v) is 4.47. The van der Waals surface area contributed by atoms with E-state index in [1.807, 2.05) is 11.8 Å². The van der Waals surface area contributed by atoms with Gasteiger partial charge in [-0.25, -0.2) is 0 Å². The molecule has 3 heterocycles. The predicted molar refractivity (Wildman–Crippen MR) is 94.6 cm³/mol. The fraction of sp³-hybridized carbons (Fsp3) is 0.895. The summed E-state index contributed by atoms with van der Waals surface area (Å²) >= 11 is 0. The third-order valence-corrected chi connectivity index (χ3v) is 6.25. The van der Waals surface area contributed by atoms with Crippen LogP contribution in [-0.2, 0) is 9.59 Å². The van der Waals surface area contributed by atoms with Crippen LogP contribution in [0.3, 0.4) is 0 Å². The molecule has 0 aromatic carbocycles. The van der Waals surface area contributed by atoms with Crippen molar-refractivity contribution in [2.24, 2.45) is 11.8 Å². The zero-order valence-electron chi connectivity index (χ0n) is 15.4. The largest absolute Gasteiger partial charge is 0.342 e. The molecule has 0 aromatic rings. The molecule has 3 rings (SSSR count). The second-order valence-corrected chi connectivity index (χ2v) is 7.90. The summed E-state index contributed by atoms with van der Waals surface area (Å²) in [7, 11) is 0. The van der Waals surface area contributed by atoms with Crippen molar-refractivity contribution in [1.29, 1.82) is 0 Å². The number of nitrogens with zero attached hydrogens (tertiary/aromatic N) is 3. The minimum atomic E-state index is 0.0177. The normalized spacial score (nSPS) is 29.9. The molecule has 3 unspecified atom stereocenters. The third kappa shape index (κ3) is 3.76. The van der Waals surface area contributed by atoms with Gasteiger partial charge < -0.3 is 9.80 Å². The first kappa shape index (κ1) is 17.7. The molecule has 0 N–H and O–H groups in total. The molecule has 3 atom stereocenters. The Labute approximate surface area is 146 Å². The monoisotopic (exact) mass is 335 g/mol. The van der Waals surface area contributed by atoms with Gasteiger partial charge in [0.05, 0.1) is 5.92 Å². The zero-order chi connectivity index (χ0) is 17.1. The van der Waals surface area contributed by atoms with Gasteiger partial charge in [-0.15, -0.1) is 0 Å². The van der Waals surface area contributed by atoms with Gasteiger partial charge in [0.2, 0.25) is 11.8 Å². The van der Waals surface area contributed by atoms with Gasteiger partial charge in [0, 0.05) is 38.1 Å². The maximum Gasteiger partial charge on any atom is 0.227 e. The quantitative estimate of drug-likeness (QED) is 0.789. The summed E-state index contributed by atoms with van der Waals surface area (Å²) < 4.78 is 0. The summed E-state index contributed by atoms with van der Waals surface area (Å²) in [4.78, 5) is 32.0. The van der Waals surface area contributed by atoms with Crippen LogP contribution in [0.2, 0.25) is 0 Å². The number of hydrogen-bond donors (Lipinski definition) is 0. The number of likely N-dealkylation sites (tertiary alicyclic amines) is 3. The summed E-state index contributed by atoms with van der Waals surface area (Å²) in [6.07, 6.45) is 6.50. The van der Waals surface area contributed by atoms with Gasteiger partial charge in [-0.05, 0) is 51.6 Å². The first-order chi connectivity index (χ1) is 11.6. The van der Waals surface area contributed by atoms with Gasteiger partial charge in [-0.1, -0.05) is 13.8 Å². The minimum absolute atomic E-state index is 0.0177. The van der Waals surface area contributed by atoms with Crippen LogP contribution in [0, 0.1) is 11.8 Å². The highest BCUT2D eigenvalue weighted by Crippen LogP contribution is 2.25. The van der Waals surface area contributed by atoms with Crippen molar-refractivity contribution >= 4 is 11.8 Å². The molecule has 3 aliphatic heterocycles. The van der Waals surface area contributed by atoms with Crippen LogP contribution in [-0.4, -0.2) is 71.8 Å². The molecule has 0 saturated carbocycles. The molecule has 0 bridgehead atoms. The van der Waals surface area contributed by atoms with Crippen molar-refractivity contribution in [1.82, 2.24) is 14.7 Å². The molecule has 24 heavy (non-hydrogen) atoms. The molecule has 136 valence electrons. The minimum Gasteiger partial charge on any atom is -0.342 e. The standard InChI is InChI=1S/C19H33N3O2/c1-3-15(2)18(23)21-11-6-7-16(13-21)19(24)22-12-8-17(14-22)20-9-4-5-10-20/h15-17H,3-14H2,1-2H3. The number of carbonyl (C=O) groups excluding carboxylic acids is 2. The first-order valence-electron chi connectivity index (χ1n) is 9.91. The van der Waals surface area contributed by atoms with Gasteiger partial charge in [-0.2, -0.15) is 0 Å². The van der Waals surface area contributed by atoms with E-state index in [9.17, 15) is 9.59 Å². The fourth-order valence-electron chi connectivity index (χ4n) is 4.47. The molecule has 3 aliphatic rings. The lowest BCUT2D eigenvalue weighted by Crippen LogP contribution is -2.48. The van der Waals surface area contributed by atoms with Gasteiger partial charge in [0.1, 0.15) is 0 Å². The van der Waals surface area contributed by atoms with E-state index in [4.69, 9.17) is 0 Å². The Balaban J connectivity index is 1.54. The molecule has 0 aromatic heterocycles. The molecule has 2 amide bonds. The molecule has 0 aliphatic carbocycles. The van der Waals surface area contributed by atoms with Crippen LogP contribution < -0.4 is 0 Å². The Hall–Kier alpha value is -1.10. The smallest absolute Gasteiger partial charge is 0.227 e. The summed E-state index contributed by atoms with van der Waals surface area (Å²) in [6.45, 7) is 9.70. The van der Waals surface area contributed by atoms with Gasteiger partial charge in [0.15, 0.2) is 0 Å². The topological polar surface area (TPSA) is 43.9 Å². The van der Waals surface area contributed by atoms with Crippen LogP contribution in [0.15, 0.2) is 0 Å². The van der Waals surface area contributed by atoms with E-state index in [-0.39, 0.29) is 17.7 Å². The van der Waals surface area contributed by atoms with Gasteiger partial charge in [0.25, 0.3) is 0 Å². The second kappa shape index (κ2) is 7.85. The molecule has 3 saturated heterocycles.